The number of anilines is 1. The van der Waals surface area contributed by atoms with Crippen molar-refractivity contribution >= 4 is 22.5 Å². The van der Waals surface area contributed by atoms with E-state index in [1.165, 1.54) is 35.4 Å². The van der Waals surface area contributed by atoms with Crippen molar-refractivity contribution in [1.29, 1.82) is 0 Å². The Hall–Kier alpha value is -3.29. The Morgan fingerprint density at radius 1 is 1.03 bits per heavy atom. The molecule has 1 atom stereocenters. The fraction of sp³-hybridized carbons (Fsp3) is 0.273. The molecule has 0 saturated carbocycles. The Bertz CT molecular complexity index is 1130. The molecule has 1 aromatic heterocycles. The van der Waals surface area contributed by atoms with Gasteiger partial charge in [0.25, 0.3) is 5.56 Å². The van der Waals surface area contributed by atoms with Gasteiger partial charge in [0.15, 0.2) is 11.6 Å². The number of hydrogen-bond acceptors (Lipinski definition) is 2. The van der Waals surface area contributed by atoms with Crippen LogP contribution in [0.25, 0.3) is 10.8 Å². The summed E-state index contributed by atoms with van der Waals surface area (Å²) in [6.45, 7) is 5.97. The Morgan fingerprint density at radius 2 is 1.63 bits per heavy atom. The Morgan fingerprint density at radius 3 is 2.23 bits per heavy atom. The predicted octanol–water partition coefficient (Wildman–Crippen LogP) is 5.20. The first kappa shape index (κ1) is 21.4. The first-order valence-electron chi connectivity index (χ1n) is 9.51. The van der Waals surface area contributed by atoms with Gasteiger partial charge in [-0.05, 0) is 60.2 Å². The van der Waals surface area contributed by atoms with E-state index in [4.69, 9.17) is 0 Å². The molecule has 30 heavy (non-hydrogen) atoms. The molecule has 0 aliphatic heterocycles. The quantitative estimate of drug-likeness (QED) is 0.600. The van der Waals surface area contributed by atoms with E-state index in [9.17, 15) is 22.8 Å². The van der Waals surface area contributed by atoms with Crippen molar-refractivity contribution in [2.45, 2.75) is 26.8 Å². The lowest BCUT2D eigenvalue weighted by atomic mass is 10.0. The summed E-state index contributed by atoms with van der Waals surface area (Å²) in [7, 11) is 0. The molecule has 3 rings (SSSR count). The minimum atomic E-state index is -1.12. The molecular weight excluding hydrogens is 395 g/mol. The van der Waals surface area contributed by atoms with Crippen molar-refractivity contribution in [2.75, 3.05) is 11.9 Å². The molecule has 3 aromatic rings. The van der Waals surface area contributed by atoms with Crippen LogP contribution in [0.2, 0.25) is 0 Å². The average Bonchev–Trinajstić information content (AvgIpc) is 2.69. The molecule has 0 aliphatic carbocycles. The van der Waals surface area contributed by atoms with Crippen molar-refractivity contribution in [3.8, 4) is 0 Å². The fourth-order valence-electron chi connectivity index (χ4n) is 3.32. The van der Waals surface area contributed by atoms with Crippen LogP contribution >= 0.6 is 0 Å². The zero-order valence-corrected chi connectivity index (χ0v) is 16.8. The number of hydrogen-bond donors (Lipinski definition) is 2. The Kier molecular flexibility index (Phi) is 6.14. The monoisotopic (exact) mass is 417 g/mol. The zero-order valence-electron chi connectivity index (χ0n) is 16.8. The molecule has 0 fully saturated rings. The molecule has 0 saturated heterocycles. The summed E-state index contributed by atoms with van der Waals surface area (Å²) in [5, 5.41) is 2.95. The predicted molar refractivity (Wildman–Crippen MR) is 110 cm³/mol. The van der Waals surface area contributed by atoms with Gasteiger partial charge in [-0.15, -0.1) is 0 Å². The SMILES string of the molecule is CC(C)CN(C(=O)Nc1ccc(F)cc1)[C@H](C)c1c[nH]c(=O)c2cc(F)c(F)cc12. The van der Waals surface area contributed by atoms with Gasteiger partial charge in [0.1, 0.15) is 5.82 Å². The maximum atomic E-state index is 13.9. The van der Waals surface area contributed by atoms with Crippen molar-refractivity contribution < 1.29 is 18.0 Å². The molecule has 1 heterocycles. The van der Waals surface area contributed by atoms with Gasteiger partial charge in [-0.25, -0.2) is 18.0 Å². The number of pyridine rings is 1. The maximum absolute atomic E-state index is 13.9. The Labute approximate surface area is 171 Å². The van der Waals surface area contributed by atoms with E-state index in [-0.39, 0.29) is 16.7 Å². The highest BCUT2D eigenvalue weighted by molar-refractivity contribution is 5.91. The number of aromatic amines is 1. The first-order valence-corrected chi connectivity index (χ1v) is 9.51. The molecule has 0 unspecified atom stereocenters. The second-order valence-corrected chi connectivity index (χ2v) is 7.54. The molecule has 2 amide bonds. The third-order valence-electron chi connectivity index (χ3n) is 4.81. The number of nitrogens with zero attached hydrogens (tertiary/aromatic N) is 1. The van der Waals surface area contributed by atoms with Crippen molar-refractivity contribution in [1.82, 2.24) is 9.88 Å². The molecule has 0 aliphatic rings. The molecule has 8 heteroatoms. The number of H-pyrrole nitrogens is 1. The topological polar surface area (TPSA) is 65.2 Å². The zero-order chi connectivity index (χ0) is 22.0. The summed E-state index contributed by atoms with van der Waals surface area (Å²) in [4.78, 5) is 29.1. The van der Waals surface area contributed by atoms with E-state index in [2.05, 4.69) is 10.3 Å². The Balaban J connectivity index is 2.01. The highest BCUT2D eigenvalue weighted by Crippen LogP contribution is 2.29. The van der Waals surface area contributed by atoms with E-state index in [1.54, 1.807) is 6.92 Å². The van der Waals surface area contributed by atoms with Crippen molar-refractivity contribution in [3.63, 3.8) is 0 Å². The lowest BCUT2D eigenvalue weighted by Gasteiger charge is -2.31. The summed E-state index contributed by atoms with van der Waals surface area (Å²) in [5.41, 5.74) is 0.339. The highest BCUT2D eigenvalue weighted by Gasteiger charge is 2.25. The van der Waals surface area contributed by atoms with Gasteiger partial charge >= 0.3 is 6.03 Å². The molecule has 158 valence electrons. The molecular formula is C22H22F3N3O2. The standard InChI is InChI=1S/C22H22F3N3O2/c1-12(2)11-28(22(30)27-15-6-4-14(23)5-7-15)13(3)18-10-26-21(29)17-9-20(25)19(24)8-16(17)18/h4-10,12-13H,11H2,1-3H3,(H,26,29)(H,27,30)/t13-/m1/s1. The van der Waals surface area contributed by atoms with Crippen molar-refractivity contribution in [2.24, 2.45) is 5.92 Å². The molecule has 0 radical (unpaired) electrons. The van der Waals surface area contributed by atoms with Crippen LogP contribution in [0.15, 0.2) is 47.4 Å². The summed E-state index contributed by atoms with van der Waals surface area (Å²) in [6, 6.07) is 6.17. The van der Waals surface area contributed by atoms with Gasteiger partial charge in [0.05, 0.1) is 11.4 Å². The summed E-state index contributed by atoms with van der Waals surface area (Å²) >= 11 is 0. The minimum Gasteiger partial charge on any atom is -0.328 e. The van der Waals surface area contributed by atoms with E-state index in [0.717, 1.165) is 12.1 Å². The number of urea groups is 1. The van der Waals surface area contributed by atoms with Gasteiger partial charge in [0, 0.05) is 18.4 Å². The van der Waals surface area contributed by atoms with Crippen LogP contribution in [-0.2, 0) is 0 Å². The van der Waals surface area contributed by atoms with Crippen LogP contribution in [0, 0.1) is 23.4 Å². The number of benzene rings is 2. The van der Waals surface area contributed by atoms with Crippen molar-refractivity contribution in [3.05, 3.63) is 76.0 Å². The smallest absolute Gasteiger partial charge is 0.322 e. The number of nitrogens with one attached hydrogen (secondary N) is 2. The number of carbonyl (C=O) groups excluding carboxylic acids is 1. The molecule has 2 aromatic carbocycles. The van der Waals surface area contributed by atoms with Crippen LogP contribution in [0.1, 0.15) is 32.4 Å². The number of aromatic nitrogens is 1. The van der Waals surface area contributed by atoms with Gasteiger partial charge in [0.2, 0.25) is 0 Å². The minimum absolute atomic E-state index is 0.00156. The molecule has 0 spiro atoms. The number of rotatable bonds is 5. The number of halogens is 3. The van der Waals surface area contributed by atoms with E-state index < -0.39 is 35.1 Å². The van der Waals surface area contributed by atoms with Crippen LogP contribution < -0.4 is 10.9 Å². The number of amides is 2. The first-order chi connectivity index (χ1) is 14.2. The van der Waals surface area contributed by atoms with E-state index in [0.29, 0.717) is 17.8 Å². The average molecular weight is 417 g/mol. The number of fused-ring (bicyclic) bond motifs is 1. The second-order valence-electron chi connectivity index (χ2n) is 7.54. The lowest BCUT2D eigenvalue weighted by Crippen LogP contribution is -2.39. The van der Waals surface area contributed by atoms with E-state index >= 15 is 0 Å². The van der Waals surface area contributed by atoms with Crippen LogP contribution in [-0.4, -0.2) is 22.5 Å². The van der Waals surface area contributed by atoms with Gasteiger partial charge in [-0.3, -0.25) is 4.79 Å². The van der Waals surface area contributed by atoms with Crippen LogP contribution in [0.4, 0.5) is 23.7 Å². The maximum Gasteiger partial charge on any atom is 0.322 e. The molecule has 2 N–H and O–H groups in total. The summed E-state index contributed by atoms with van der Waals surface area (Å²) in [5.74, 6) is -2.51. The summed E-state index contributed by atoms with van der Waals surface area (Å²) < 4.78 is 40.7. The second kappa shape index (κ2) is 8.61. The lowest BCUT2D eigenvalue weighted by molar-refractivity contribution is 0.184. The fourth-order valence-corrected chi connectivity index (χ4v) is 3.32. The van der Waals surface area contributed by atoms with Gasteiger partial charge in [-0.2, -0.15) is 0 Å². The van der Waals surface area contributed by atoms with Gasteiger partial charge < -0.3 is 15.2 Å². The van der Waals surface area contributed by atoms with Gasteiger partial charge in [-0.1, -0.05) is 13.8 Å². The molecule has 0 bridgehead atoms. The summed E-state index contributed by atoms with van der Waals surface area (Å²) in [6.07, 6.45) is 1.41. The van der Waals surface area contributed by atoms with Crippen LogP contribution in [0.5, 0.6) is 0 Å². The van der Waals surface area contributed by atoms with Crippen LogP contribution in [0.3, 0.4) is 0 Å². The van der Waals surface area contributed by atoms with E-state index in [1.807, 2.05) is 13.8 Å². The highest BCUT2D eigenvalue weighted by atomic mass is 19.2. The molecule has 5 nitrogen and oxygen atoms in total. The normalized spacial score (nSPS) is 12.2. The third kappa shape index (κ3) is 4.48. The number of carbonyl (C=O) groups is 1. The third-order valence-corrected chi connectivity index (χ3v) is 4.81. The largest absolute Gasteiger partial charge is 0.328 e.